The predicted octanol–water partition coefficient (Wildman–Crippen LogP) is 0.413. The van der Waals surface area contributed by atoms with Crippen LogP contribution in [0.1, 0.15) is 25.3 Å². The highest BCUT2D eigenvalue weighted by Crippen LogP contribution is 2.35. The summed E-state index contributed by atoms with van der Waals surface area (Å²) in [4.78, 5) is 11.0. The van der Waals surface area contributed by atoms with Gasteiger partial charge in [0, 0.05) is 5.46 Å². The number of ketones is 1. The molecule has 100 valence electrons. The second kappa shape index (κ2) is 4.87. The Hall–Kier alpha value is -1.53. The van der Waals surface area contributed by atoms with Crippen molar-refractivity contribution in [2.45, 2.75) is 32.5 Å². The molecule has 1 saturated carbocycles. The molecule has 0 saturated heterocycles. The molecule has 0 bridgehead atoms. The van der Waals surface area contributed by atoms with Crippen molar-refractivity contribution >= 4 is 18.4 Å². The highest BCUT2D eigenvalue weighted by molar-refractivity contribution is 6.62. The summed E-state index contributed by atoms with van der Waals surface area (Å²) in [5, 5.41) is 9.87. The lowest BCUT2D eigenvalue weighted by Crippen LogP contribution is -2.30. The SMILES string of the molecule is CC(=O)COc1ccc2c(c1OC1CC1)B(O)OC2. The van der Waals surface area contributed by atoms with Crippen molar-refractivity contribution in [2.24, 2.45) is 0 Å². The first-order valence-electron chi connectivity index (χ1n) is 6.39. The molecule has 1 aromatic carbocycles. The summed E-state index contributed by atoms with van der Waals surface area (Å²) in [5.41, 5.74) is 1.53. The summed E-state index contributed by atoms with van der Waals surface area (Å²) in [6, 6.07) is 3.60. The van der Waals surface area contributed by atoms with E-state index in [0.29, 0.717) is 23.6 Å². The predicted molar refractivity (Wildman–Crippen MR) is 68.7 cm³/mol. The Morgan fingerprint density at radius 2 is 2.32 bits per heavy atom. The highest BCUT2D eigenvalue weighted by atomic mass is 16.5. The van der Waals surface area contributed by atoms with Gasteiger partial charge in [-0.15, -0.1) is 0 Å². The summed E-state index contributed by atoms with van der Waals surface area (Å²) in [5.74, 6) is 0.950. The molecule has 19 heavy (non-hydrogen) atoms. The number of carbonyl (C=O) groups excluding carboxylic acids is 1. The van der Waals surface area contributed by atoms with Crippen molar-refractivity contribution in [2.75, 3.05) is 6.61 Å². The maximum absolute atomic E-state index is 11.0. The first-order valence-corrected chi connectivity index (χ1v) is 6.39. The van der Waals surface area contributed by atoms with E-state index in [0.717, 1.165) is 18.4 Å². The van der Waals surface area contributed by atoms with Gasteiger partial charge >= 0.3 is 7.12 Å². The van der Waals surface area contributed by atoms with Crippen LogP contribution in [0.25, 0.3) is 0 Å². The van der Waals surface area contributed by atoms with Crippen molar-refractivity contribution < 1.29 is 23.9 Å². The lowest BCUT2D eigenvalue weighted by Gasteiger charge is -2.15. The van der Waals surface area contributed by atoms with E-state index < -0.39 is 7.12 Å². The van der Waals surface area contributed by atoms with Gasteiger partial charge in [-0.25, -0.2) is 0 Å². The number of carbonyl (C=O) groups is 1. The molecular weight excluding hydrogens is 247 g/mol. The van der Waals surface area contributed by atoms with Gasteiger partial charge < -0.3 is 19.2 Å². The van der Waals surface area contributed by atoms with E-state index in [1.54, 1.807) is 6.07 Å². The molecule has 0 spiro atoms. The molecule has 1 fully saturated rings. The van der Waals surface area contributed by atoms with Gasteiger partial charge in [-0.1, -0.05) is 6.07 Å². The number of ether oxygens (including phenoxy) is 2. The molecule has 0 aromatic heterocycles. The van der Waals surface area contributed by atoms with E-state index in [2.05, 4.69) is 0 Å². The van der Waals surface area contributed by atoms with Crippen molar-refractivity contribution in [1.82, 2.24) is 0 Å². The largest absolute Gasteiger partial charge is 0.495 e. The molecule has 1 heterocycles. The van der Waals surface area contributed by atoms with Gasteiger partial charge in [-0.05, 0) is 31.4 Å². The molecule has 1 aromatic rings. The number of hydrogen-bond donors (Lipinski definition) is 1. The van der Waals surface area contributed by atoms with Crippen molar-refractivity contribution in [3.8, 4) is 11.5 Å². The van der Waals surface area contributed by atoms with Crippen LogP contribution in [-0.4, -0.2) is 30.6 Å². The summed E-state index contributed by atoms with van der Waals surface area (Å²) >= 11 is 0. The quantitative estimate of drug-likeness (QED) is 0.779. The van der Waals surface area contributed by atoms with Crippen LogP contribution in [0.3, 0.4) is 0 Å². The van der Waals surface area contributed by atoms with Gasteiger partial charge in [0.05, 0.1) is 12.7 Å². The standard InChI is InChI=1S/C13H15BO5/c1-8(15)6-17-11-5-2-9-7-18-14(16)12(9)13(11)19-10-3-4-10/h2,5,10,16H,3-4,6-7H2,1H3. The zero-order chi connectivity index (χ0) is 13.4. The van der Waals surface area contributed by atoms with Crippen LogP contribution >= 0.6 is 0 Å². The van der Waals surface area contributed by atoms with Crippen LogP contribution in [0, 0.1) is 0 Å². The van der Waals surface area contributed by atoms with Gasteiger partial charge in [0.15, 0.2) is 17.3 Å². The van der Waals surface area contributed by atoms with Gasteiger partial charge in [-0.3, -0.25) is 4.79 Å². The molecule has 1 aliphatic carbocycles. The maximum atomic E-state index is 11.0. The Kier molecular flexibility index (Phi) is 3.20. The average molecular weight is 262 g/mol. The molecule has 5 nitrogen and oxygen atoms in total. The third-order valence-corrected chi connectivity index (χ3v) is 3.13. The molecule has 1 aliphatic heterocycles. The van der Waals surface area contributed by atoms with E-state index in [-0.39, 0.29) is 18.5 Å². The van der Waals surface area contributed by atoms with E-state index >= 15 is 0 Å². The average Bonchev–Trinajstić information content (AvgIpc) is 3.11. The van der Waals surface area contributed by atoms with Gasteiger partial charge in [0.2, 0.25) is 0 Å². The molecule has 6 heteroatoms. The van der Waals surface area contributed by atoms with Crippen LogP contribution in [0.2, 0.25) is 0 Å². The summed E-state index contributed by atoms with van der Waals surface area (Å²) in [6.45, 7) is 1.83. The third kappa shape index (κ3) is 2.59. The Labute approximate surface area is 111 Å². The zero-order valence-corrected chi connectivity index (χ0v) is 10.7. The Morgan fingerprint density at radius 3 is 3.00 bits per heavy atom. The molecule has 2 aliphatic rings. The van der Waals surface area contributed by atoms with Gasteiger partial charge in [-0.2, -0.15) is 0 Å². The summed E-state index contributed by atoms with van der Waals surface area (Å²) < 4.78 is 16.5. The first-order chi connectivity index (χ1) is 9.15. The molecule has 3 rings (SSSR count). The minimum Gasteiger partial charge on any atom is -0.487 e. The summed E-state index contributed by atoms with van der Waals surface area (Å²) in [7, 11) is -0.982. The maximum Gasteiger partial charge on any atom is 0.495 e. The second-order valence-electron chi connectivity index (χ2n) is 4.94. The molecule has 0 atom stereocenters. The lowest BCUT2D eigenvalue weighted by molar-refractivity contribution is -0.118. The Bertz CT molecular complexity index is 512. The van der Waals surface area contributed by atoms with Crippen molar-refractivity contribution in [3.63, 3.8) is 0 Å². The molecule has 0 amide bonds. The van der Waals surface area contributed by atoms with Crippen LogP contribution in [-0.2, 0) is 16.1 Å². The fraction of sp³-hybridized carbons (Fsp3) is 0.462. The van der Waals surface area contributed by atoms with Crippen molar-refractivity contribution in [3.05, 3.63) is 17.7 Å². The van der Waals surface area contributed by atoms with E-state index in [1.807, 2.05) is 6.07 Å². The van der Waals surface area contributed by atoms with Gasteiger partial charge in [0.25, 0.3) is 0 Å². The minimum atomic E-state index is -0.982. The topological polar surface area (TPSA) is 65.0 Å². The lowest BCUT2D eigenvalue weighted by atomic mass is 9.78. The minimum absolute atomic E-state index is 0.00321. The van der Waals surface area contributed by atoms with E-state index in [4.69, 9.17) is 14.1 Å². The number of benzene rings is 1. The highest BCUT2D eigenvalue weighted by Gasteiger charge is 2.36. The number of Topliss-reactive ketones (excluding diaryl/α,β-unsaturated/α-hetero) is 1. The molecule has 1 N–H and O–H groups in total. The number of fused-ring (bicyclic) bond motifs is 1. The van der Waals surface area contributed by atoms with E-state index in [9.17, 15) is 9.82 Å². The van der Waals surface area contributed by atoms with Crippen molar-refractivity contribution in [1.29, 1.82) is 0 Å². The number of rotatable bonds is 5. The Morgan fingerprint density at radius 1 is 1.53 bits per heavy atom. The van der Waals surface area contributed by atoms with Crippen LogP contribution in [0.5, 0.6) is 11.5 Å². The van der Waals surface area contributed by atoms with Crippen LogP contribution in [0.15, 0.2) is 12.1 Å². The smallest absolute Gasteiger partial charge is 0.487 e. The monoisotopic (exact) mass is 262 g/mol. The van der Waals surface area contributed by atoms with Crippen LogP contribution < -0.4 is 14.9 Å². The normalized spacial score (nSPS) is 17.3. The van der Waals surface area contributed by atoms with E-state index in [1.165, 1.54) is 6.92 Å². The molecule has 0 unspecified atom stereocenters. The van der Waals surface area contributed by atoms with Crippen LogP contribution in [0.4, 0.5) is 0 Å². The summed E-state index contributed by atoms with van der Waals surface area (Å²) in [6.07, 6.45) is 2.19. The Balaban J connectivity index is 1.93. The third-order valence-electron chi connectivity index (χ3n) is 3.13. The van der Waals surface area contributed by atoms with Gasteiger partial charge in [0.1, 0.15) is 6.61 Å². The molecule has 0 radical (unpaired) electrons. The fourth-order valence-electron chi connectivity index (χ4n) is 2.04. The zero-order valence-electron chi connectivity index (χ0n) is 10.7. The molecular formula is C13H15BO5. The number of hydrogen-bond acceptors (Lipinski definition) is 5. The fourth-order valence-corrected chi connectivity index (χ4v) is 2.04. The first kappa shape index (κ1) is 12.5. The second-order valence-corrected chi connectivity index (χ2v) is 4.94.